The molecule has 0 aliphatic carbocycles. The highest BCUT2D eigenvalue weighted by atomic mass is 35.5. The van der Waals surface area contributed by atoms with E-state index in [1.807, 2.05) is 0 Å². The van der Waals surface area contributed by atoms with Crippen molar-refractivity contribution in [1.29, 1.82) is 0 Å². The van der Waals surface area contributed by atoms with E-state index in [9.17, 15) is 9.59 Å². The summed E-state index contributed by atoms with van der Waals surface area (Å²) in [6, 6.07) is 0. The zero-order valence-electron chi connectivity index (χ0n) is 9.06. The normalized spacial score (nSPS) is 22.6. The molecule has 7 heteroatoms. The van der Waals surface area contributed by atoms with Crippen molar-refractivity contribution in [1.82, 2.24) is 10.6 Å². The standard InChI is InChI=1S/C5H7Cl2NO.C5H6ClNO/c6-5(7)2-1-3-8-4(5)9;6-4-2-1-3-7-5(4)8/h1-3H2,(H,8,9);2H,1,3H2,(H,7,8). The van der Waals surface area contributed by atoms with Gasteiger partial charge in [0.25, 0.3) is 11.8 Å². The Kier molecular flexibility index (Phi) is 5.56. The predicted octanol–water partition coefficient (Wildman–Crippen LogP) is 1.70. The number of hydrogen-bond acceptors (Lipinski definition) is 2. The summed E-state index contributed by atoms with van der Waals surface area (Å²) >= 11 is 16.6. The van der Waals surface area contributed by atoms with Crippen molar-refractivity contribution >= 4 is 46.6 Å². The maximum Gasteiger partial charge on any atom is 0.262 e. The van der Waals surface area contributed by atoms with Crippen LogP contribution in [0.15, 0.2) is 11.1 Å². The first-order valence-corrected chi connectivity index (χ1v) is 6.37. The third-order valence-corrected chi connectivity index (χ3v) is 3.30. The molecule has 2 amide bonds. The summed E-state index contributed by atoms with van der Waals surface area (Å²) in [6.45, 7) is 1.41. The second kappa shape index (κ2) is 6.47. The van der Waals surface area contributed by atoms with Crippen LogP contribution in [0.5, 0.6) is 0 Å². The van der Waals surface area contributed by atoms with Gasteiger partial charge in [0.1, 0.15) is 5.03 Å². The molecular formula is C10H13Cl3N2O2. The molecule has 0 aromatic carbocycles. The number of halogens is 3. The summed E-state index contributed by atoms with van der Waals surface area (Å²) in [4.78, 5) is 21.2. The van der Waals surface area contributed by atoms with Gasteiger partial charge in [-0.1, -0.05) is 40.9 Å². The Morgan fingerprint density at radius 1 is 1.18 bits per heavy atom. The van der Waals surface area contributed by atoms with Gasteiger partial charge in [-0.25, -0.2) is 0 Å². The van der Waals surface area contributed by atoms with Crippen LogP contribution in [0.3, 0.4) is 0 Å². The highest BCUT2D eigenvalue weighted by Gasteiger charge is 2.35. The van der Waals surface area contributed by atoms with Crippen LogP contribution >= 0.6 is 34.8 Å². The summed E-state index contributed by atoms with van der Waals surface area (Å²) in [7, 11) is 0. The smallest absolute Gasteiger partial charge is 0.262 e. The van der Waals surface area contributed by atoms with Gasteiger partial charge >= 0.3 is 0 Å². The molecule has 0 unspecified atom stereocenters. The first-order chi connectivity index (χ1) is 7.93. The van der Waals surface area contributed by atoms with Crippen molar-refractivity contribution in [2.45, 2.75) is 23.6 Å². The van der Waals surface area contributed by atoms with Gasteiger partial charge in [-0.3, -0.25) is 9.59 Å². The molecule has 0 aromatic heterocycles. The van der Waals surface area contributed by atoms with Gasteiger partial charge in [0, 0.05) is 13.1 Å². The lowest BCUT2D eigenvalue weighted by Gasteiger charge is -2.23. The first-order valence-electron chi connectivity index (χ1n) is 5.23. The number of nitrogens with one attached hydrogen (secondary N) is 2. The molecule has 17 heavy (non-hydrogen) atoms. The molecule has 0 saturated carbocycles. The van der Waals surface area contributed by atoms with Crippen molar-refractivity contribution in [2.75, 3.05) is 13.1 Å². The molecule has 0 radical (unpaired) electrons. The van der Waals surface area contributed by atoms with E-state index in [1.165, 1.54) is 0 Å². The molecular weight excluding hydrogens is 286 g/mol. The molecule has 4 nitrogen and oxygen atoms in total. The van der Waals surface area contributed by atoms with Gasteiger partial charge in [-0.05, 0) is 19.3 Å². The molecule has 1 saturated heterocycles. The number of hydrogen-bond donors (Lipinski definition) is 2. The fraction of sp³-hybridized carbons (Fsp3) is 0.600. The Morgan fingerprint density at radius 2 is 1.88 bits per heavy atom. The van der Waals surface area contributed by atoms with Crippen LogP contribution in [0.1, 0.15) is 19.3 Å². The van der Waals surface area contributed by atoms with E-state index in [0.29, 0.717) is 18.0 Å². The summed E-state index contributed by atoms with van der Waals surface area (Å²) in [5, 5.41) is 5.48. The van der Waals surface area contributed by atoms with Gasteiger partial charge in [0.2, 0.25) is 0 Å². The van der Waals surface area contributed by atoms with Crippen molar-refractivity contribution < 1.29 is 9.59 Å². The number of rotatable bonds is 0. The van der Waals surface area contributed by atoms with Crippen molar-refractivity contribution in [2.24, 2.45) is 0 Å². The minimum Gasteiger partial charge on any atom is -0.353 e. The highest BCUT2D eigenvalue weighted by Crippen LogP contribution is 2.28. The van der Waals surface area contributed by atoms with Crippen LogP contribution in [0, 0.1) is 0 Å². The minimum absolute atomic E-state index is 0.155. The van der Waals surface area contributed by atoms with Gasteiger partial charge in [-0.2, -0.15) is 0 Å². The second-order valence-electron chi connectivity index (χ2n) is 3.66. The third kappa shape index (κ3) is 4.74. The lowest BCUT2D eigenvalue weighted by Crippen LogP contribution is -2.43. The summed E-state index contributed by atoms with van der Waals surface area (Å²) in [6.07, 6.45) is 3.99. The topological polar surface area (TPSA) is 58.2 Å². The maximum absolute atomic E-state index is 10.7. The van der Waals surface area contributed by atoms with Crippen LogP contribution < -0.4 is 10.6 Å². The second-order valence-corrected chi connectivity index (χ2v) is 5.55. The largest absolute Gasteiger partial charge is 0.353 e. The van der Waals surface area contributed by atoms with E-state index in [2.05, 4.69) is 10.6 Å². The van der Waals surface area contributed by atoms with Crippen LogP contribution in [-0.4, -0.2) is 29.2 Å². The average Bonchev–Trinajstić information content (AvgIpc) is 2.28. The molecule has 0 spiro atoms. The highest BCUT2D eigenvalue weighted by molar-refractivity contribution is 6.58. The van der Waals surface area contributed by atoms with Crippen LogP contribution in [-0.2, 0) is 9.59 Å². The Hall–Kier alpha value is -0.450. The van der Waals surface area contributed by atoms with E-state index < -0.39 is 4.33 Å². The summed E-state index contributed by atoms with van der Waals surface area (Å²) in [5.41, 5.74) is 0. The van der Waals surface area contributed by atoms with Crippen LogP contribution in [0.25, 0.3) is 0 Å². The fourth-order valence-electron chi connectivity index (χ4n) is 1.32. The third-order valence-electron chi connectivity index (χ3n) is 2.26. The number of carbonyl (C=O) groups is 2. The number of alkyl halides is 2. The monoisotopic (exact) mass is 298 g/mol. The Bertz CT molecular complexity index is 342. The fourth-order valence-corrected chi connectivity index (χ4v) is 1.89. The maximum atomic E-state index is 10.7. The summed E-state index contributed by atoms with van der Waals surface area (Å²) < 4.78 is -1.17. The number of piperidine rings is 1. The number of carbonyl (C=O) groups excluding carboxylic acids is 2. The van der Waals surface area contributed by atoms with Gasteiger partial charge in [0.15, 0.2) is 4.33 Å². The van der Waals surface area contributed by atoms with E-state index in [4.69, 9.17) is 34.8 Å². The molecule has 2 N–H and O–H groups in total. The predicted molar refractivity (Wildman–Crippen MR) is 68.2 cm³/mol. The van der Waals surface area contributed by atoms with Crippen molar-refractivity contribution in [3.05, 3.63) is 11.1 Å². The van der Waals surface area contributed by atoms with E-state index in [-0.39, 0.29) is 11.8 Å². The van der Waals surface area contributed by atoms with Crippen LogP contribution in [0.4, 0.5) is 0 Å². The Morgan fingerprint density at radius 3 is 2.24 bits per heavy atom. The molecule has 2 aliphatic rings. The van der Waals surface area contributed by atoms with E-state index in [0.717, 1.165) is 19.4 Å². The molecule has 1 fully saturated rings. The zero-order chi connectivity index (χ0) is 12.9. The minimum atomic E-state index is -1.17. The van der Waals surface area contributed by atoms with Crippen LogP contribution in [0.2, 0.25) is 0 Å². The molecule has 0 atom stereocenters. The first kappa shape index (κ1) is 14.6. The SMILES string of the molecule is O=C1NCCC=C1Cl.O=C1NCCCC1(Cl)Cl. The van der Waals surface area contributed by atoms with Crippen molar-refractivity contribution in [3.63, 3.8) is 0 Å². The van der Waals surface area contributed by atoms with E-state index >= 15 is 0 Å². The molecule has 96 valence electrons. The van der Waals surface area contributed by atoms with E-state index in [1.54, 1.807) is 6.08 Å². The molecule has 2 heterocycles. The molecule has 0 bridgehead atoms. The van der Waals surface area contributed by atoms with Gasteiger partial charge in [-0.15, -0.1) is 0 Å². The molecule has 2 aliphatic heterocycles. The number of amides is 2. The lowest BCUT2D eigenvalue weighted by atomic mass is 10.1. The zero-order valence-corrected chi connectivity index (χ0v) is 11.3. The van der Waals surface area contributed by atoms with Gasteiger partial charge in [0.05, 0.1) is 0 Å². The van der Waals surface area contributed by atoms with Crippen molar-refractivity contribution in [3.8, 4) is 0 Å². The average molecular weight is 300 g/mol. The lowest BCUT2D eigenvalue weighted by molar-refractivity contribution is -0.123. The summed E-state index contributed by atoms with van der Waals surface area (Å²) in [5.74, 6) is -0.421. The van der Waals surface area contributed by atoms with Gasteiger partial charge < -0.3 is 10.6 Å². The molecule has 2 rings (SSSR count). The Labute approximate surface area is 115 Å². The Balaban J connectivity index is 0.000000171. The quantitative estimate of drug-likeness (QED) is 0.669. The molecule has 0 aromatic rings.